The average molecular weight is 571 g/mol. The number of benzene rings is 2. The number of fused-ring (bicyclic) bond motifs is 1. The Morgan fingerprint density at radius 2 is 1.55 bits per heavy atom. The van der Waals surface area contributed by atoms with Gasteiger partial charge < -0.3 is 24.0 Å². The van der Waals surface area contributed by atoms with Crippen molar-refractivity contribution in [3.63, 3.8) is 0 Å². The van der Waals surface area contributed by atoms with Gasteiger partial charge in [0.05, 0.1) is 35.4 Å². The molecule has 1 unspecified atom stereocenters. The number of carbonyl (C=O) groups is 3. The highest BCUT2D eigenvalue weighted by atomic mass is 32.2. The molecule has 0 saturated heterocycles. The first-order valence-corrected chi connectivity index (χ1v) is 14.3. The van der Waals surface area contributed by atoms with Crippen LogP contribution in [0.15, 0.2) is 53.4 Å². The van der Waals surface area contributed by atoms with Gasteiger partial charge in [-0.05, 0) is 85.5 Å². The topological polar surface area (TPSA) is 85.4 Å². The van der Waals surface area contributed by atoms with Crippen molar-refractivity contribution >= 4 is 35.3 Å². The summed E-state index contributed by atoms with van der Waals surface area (Å²) < 4.78 is 17.3. The summed E-state index contributed by atoms with van der Waals surface area (Å²) in [5, 5.41) is -0.514. The molecule has 40 heavy (non-hydrogen) atoms. The highest BCUT2D eigenvalue weighted by Gasteiger charge is 2.43. The van der Waals surface area contributed by atoms with Crippen molar-refractivity contribution in [1.82, 2.24) is 4.90 Å². The third-order valence-corrected chi connectivity index (χ3v) is 7.70. The Hall–Kier alpha value is -3.04. The van der Waals surface area contributed by atoms with Crippen LogP contribution in [-0.4, -0.2) is 69.2 Å². The first-order valence-electron chi connectivity index (χ1n) is 13.4. The van der Waals surface area contributed by atoms with Crippen LogP contribution in [0.5, 0.6) is 5.75 Å². The second-order valence-corrected chi connectivity index (χ2v) is 13.5. The molecule has 1 heterocycles. The Morgan fingerprint density at radius 1 is 0.950 bits per heavy atom. The van der Waals surface area contributed by atoms with E-state index < -0.39 is 34.3 Å². The second kappa shape index (κ2) is 12.6. The van der Waals surface area contributed by atoms with Crippen LogP contribution in [0.1, 0.15) is 52.4 Å². The Labute approximate surface area is 242 Å². The van der Waals surface area contributed by atoms with Gasteiger partial charge in [-0.2, -0.15) is 0 Å². The zero-order valence-electron chi connectivity index (χ0n) is 25.0. The molecule has 8 nitrogen and oxygen atoms in total. The predicted molar refractivity (Wildman–Crippen MR) is 158 cm³/mol. The van der Waals surface area contributed by atoms with E-state index >= 15 is 0 Å². The molecule has 2 aromatic carbocycles. The molecular weight excluding hydrogens is 528 g/mol. The lowest BCUT2D eigenvalue weighted by Gasteiger charge is -2.33. The van der Waals surface area contributed by atoms with Crippen LogP contribution in [0.2, 0.25) is 0 Å². The lowest BCUT2D eigenvalue weighted by Crippen LogP contribution is -2.49. The summed E-state index contributed by atoms with van der Waals surface area (Å²) in [5.74, 6) is -0.506. The number of ether oxygens (including phenoxy) is 3. The van der Waals surface area contributed by atoms with E-state index in [0.717, 1.165) is 10.5 Å². The number of nitrogens with zero attached hydrogens (tertiary/aromatic N) is 2. The average Bonchev–Trinajstić information content (AvgIpc) is 2.97. The Bertz CT molecular complexity index is 1200. The van der Waals surface area contributed by atoms with E-state index in [2.05, 4.69) is 0 Å². The van der Waals surface area contributed by atoms with Gasteiger partial charge >= 0.3 is 11.9 Å². The van der Waals surface area contributed by atoms with E-state index in [1.54, 1.807) is 53.6 Å². The summed E-state index contributed by atoms with van der Waals surface area (Å²) in [6.07, 6.45) is -1.73. The van der Waals surface area contributed by atoms with Gasteiger partial charge in [-0.1, -0.05) is 24.3 Å². The lowest BCUT2D eigenvalue weighted by atomic mass is 9.97. The number of esters is 2. The van der Waals surface area contributed by atoms with Crippen LogP contribution in [0.4, 0.5) is 5.69 Å². The molecule has 1 aliphatic rings. The van der Waals surface area contributed by atoms with Gasteiger partial charge in [-0.15, -0.1) is 11.8 Å². The van der Waals surface area contributed by atoms with Crippen LogP contribution in [-0.2, 0) is 23.9 Å². The number of carbonyl (C=O) groups excluding carboxylic acids is 3. The number of methoxy groups -OCH3 is 1. The van der Waals surface area contributed by atoms with Crippen molar-refractivity contribution in [3.8, 4) is 5.75 Å². The van der Waals surface area contributed by atoms with Crippen molar-refractivity contribution < 1.29 is 28.6 Å². The largest absolute Gasteiger partial charge is 0.497 e. The molecule has 1 amide bonds. The van der Waals surface area contributed by atoms with Crippen LogP contribution in [0.25, 0.3) is 0 Å². The first kappa shape index (κ1) is 31.5. The van der Waals surface area contributed by atoms with E-state index in [-0.39, 0.29) is 18.4 Å². The monoisotopic (exact) mass is 570 g/mol. The fraction of sp³-hybridized carbons (Fsp3) is 0.516. The van der Waals surface area contributed by atoms with Gasteiger partial charge in [0.25, 0.3) is 5.91 Å². The fourth-order valence-corrected chi connectivity index (χ4v) is 5.40. The smallest absolute Gasteiger partial charge is 0.312 e. The maximum absolute atomic E-state index is 14.4. The van der Waals surface area contributed by atoms with E-state index in [1.165, 1.54) is 11.8 Å². The molecule has 3 atom stereocenters. The number of thioether (sulfide) groups is 1. The Balaban J connectivity index is 2.10. The van der Waals surface area contributed by atoms with Crippen molar-refractivity contribution in [2.45, 2.75) is 63.9 Å². The SMILES string of the molecule is COc1ccc([C@@H]2Sc3ccccc3N(CC(CN(C)C)OC(=O)C(C)(C)C)C(=O)[C@@H]2OC(=O)C(C)(C)C)cc1. The van der Waals surface area contributed by atoms with Crippen LogP contribution in [0.3, 0.4) is 0 Å². The number of rotatable bonds is 8. The summed E-state index contributed by atoms with van der Waals surface area (Å²) in [4.78, 5) is 44.9. The Morgan fingerprint density at radius 3 is 2.10 bits per heavy atom. The van der Waals surface area contributed by atoms with Gasteiger partial charge in [0.2, 0.25) is 0 Å². The molecule has 0 aliphatic carbocycles. The molecule has 0 N–H and O–H groups in total. The zero-order valence-corrected chi connectivity index (χ0v) is 25.8. The third-order valence-electron chi connectivity index (χ3n) is 6.33. The Kier molecular flexibility index (Phi) is 9.95. The molecule has 0 aromatic heterocycles. The third kappa shape index (κ3) is 7.79. The molecular formula is C31H42N2O6S. The lowest BCUT2D eigenvalue weighted by molar-refractivity contribution is -0.163. The summed E-state index contributed by atoms with van der Waals surface area (Å²) in [6.45, 7) is 11.2. The van der Waals surface area contributed by atoms with Gasteiger partial charge in [0, 0.05) is 11.4 Å². The minimum Gasteiger partial charge on any atom is -0.497 e. The molecule has 0 saturated carbocycles. The van der Waals surface area contributed by atoms with E-state index in [4.69, 9.17) is 14.2 Å². The molecule has 9 heteroatoms. The minimum atomic E-state index is -1.11. The maximum Gasteiger partial charge on any atom is 0.312 e. The molecule has 0 spiro atoms. The number of para-hydroxylation sites is 1. The zero-order chi connectivity index (χ0) is 29.8. The highest BCUT2D eigenvalue weighted by Crippen LogP contribution is 2.47. The van der Waals surface area contributed by atoms with E-state index in [1.807, 2.05) is 67.5 Å². The maximum atomic E-state index is 14.4. The van der Waals surface area contributed by atoms with Crippen molar-refractivity contribution in [3.05, 3.63) is 54.1 Å². The molecule has 1 aliphatic heterocycles. The number of hydrogen-bond acceptors (Lipinski definition) is 8. The number of likely N-dealkylation sites (N-methyl/N-ethyl adjacent to an activating group) is 1. The number of hydrogen-bond donors (Lipinski definition) is 0. The normalized spacial score (nSPS) is 18.6. The summed E-state index contributed by atoms with van der Waals surface area (Å²) in [7, 11) is 5.37. The van der Waals surface area contributed by atoms with Crippen molar-refractivity contribution in [2.24, 2.45) is 10.8 Å². The number of amides is 1. The molecule has 0 bridgehead atoms. The summed E-state index contributed by atoms with van der Waals surface area (Å²) >= 11 is 1.47. The van der Waals surface area contributed by atoms with Gasteiger partial charge in [-0.3, -0.25) is 14.4 Å². The summed E-state index contributed by atoms with van der Waals surface area (Å²) in [6, 6.07) is 15.0. The highest BCUT2D eigenvalue weighted by molar-refractivity contribution is 7.99. The standard InChI is InChI=1S/C31H42N2O6S/c1-30(2,3)28(35)38-22(18-32(7)8)19-33-23-12-10-11-13-24(23)40-26(20-14-16-21(37-9)17-15-20)25(27(33)34)39-29(36)31(4,5)6/h10-17,22,25-26H,18-19H2,1-9H3/t22?,25-,26+/m1/s1. The number of anilines is 1. The quantitative estimate of drug-likeness (QED) is 0.393. The van der Waals surface area contributed by atoms with Crippen LogP contribution < -0.4 is 9.64 Å². The van der Waals surface area contributed by atoms with Gasteiger partial charge in [0.1, 0.15) is 11.9 Å². The van der Waals surface area contributed by atoms with E-state index in [0.29, 0.717) is 18.0 Å². The van der Waals surface area contributed by atoms with Crippen molar-refractivity contribution in [1.29, 1.82) is 0 Å². The fourth-order valence-electron chi connectivity index (χ4n) is 4.08. The minimum absolute atomic E-state index is 0.106. The molecule has 218 valence electrons. The molecule has 0 radical (unpaired) electrons. The van der Waals surface area contributed by atoms with Gasteiger partial charge in [-0.25, -0.2) is 0 Å². The van der Waals surface area contributed by atoms with Crippen molar-refractivity contribution in [2.75, 3.05) is 39.2 Å². The predicted octanol–water partition coefficient (Wildman–Crippen LogP) is 5.35. The van der Waals surface area contributed by atoms with Gasteiger partial charge in [0.15, 0.2) is 6.10 Å². The van der Waals surface area contributed by atoms with E-state index in [9.17, 15) is 14.4 Å². The molecule has 0 fully saturated rings. The van der Waals surface area contributed by atoms with Crippen LogP contribution >= 0.6 is 11.8 Å². The summed E-state index contributed by atoms with van der Waals surface area (Å²) in [5.41, 5.74) is -0.00660. The molecule has 3 rings (SSSR count). The molecule has 2 aromatic rings. The first-order chi connectivity index (χ1) is 18.6. The van der Waals surface area contributed by atoms with Crippen LogP contribution in [0, 0.1) is 10.8 Å². The second-order valence-electron chi connectivity index (χ2n) is 12.3.